The Morgan fingerprint density at radius 1 is 1.60 bits per heavy atom. The Morgan fingerprint density at radius 2 is 2.40 bits per heavy atom. The van der Waals surface area contributed by atoms with Crippen LogP contribution in [0.1, 0.15) is 19.8 Å². The van der Waals surface area contributed by atoms with E-state index in [1.165, 1.54) is 12.8 Å². The second kappa shape index (κ2) is 4.51. The molecule has 1 aromatic heterocycles. The zero-order valence-electron chi connectivity index (χ0n) is 9.36. The fourth-order valence-electron chi connectivity index (χ4n) is 1.78. The molecule has 0 aliphatic heterocycles. The maximum Gasteiger partial charge on any atom is 0.168 e. The predicted molar refractivity (Wildman–Crippen MR) is 61.2 cm³/mol. The minimum atomic E-state index is 0.733. The molecule has 1 aliphatic carbocycles. The van der Waals surface area contributed by atoms with Gasteiger partial charge in [0.15, 0.2) is 11.6 Å². The zero-order chi connectivity index (χ0) is 10.7. The van der Waals surface area contributed by atoms with Crippen LogP contribution in [0.15, 0.2) is 18.3 Å². The van der Waals surface area contributed by atoms with Gasteiger partial charge in [0.2, 0.25) is 0 Å². The molecule has 3 nitrogen and oxygen atoms in total. The highest BCUT2D eigenvalue weighted by Crippen LogP contribution is 2.36. The highest BCUT2D eigenvalue weighted by Gasteiger charge is 2.27. The molecule has 0 saturated heterocycles. The van der Waals surface area contributed by atoms with Crippen molar-refractivity contribution in [3.63, 3.8) is 0 Å². The summed E-state index contributed by atoms with van der Waals surface area (Å²) in [5.74, 6) is 3.33. The summed E-state index contributed by atoms with van der Waals surface area (Å²) in [5, 5.41) is 3.35. The van der Waals surface area contributed by atoms with Crippen LogP contribution in [-0.4, -0.2) is 18.6 Å². The van der Waals surface area contributed by atoms with Gasteiger partial charge < -0.3 is 10.1 Å². The third-order valence-corrected chi connectivity index (χ3v) is 3.01. The van der Waals surface area contributed by atoms with Crippen LogP contribution in [0.5, 0.6) is 5.75 Å². The van der Waals surface area contributed by atoms with E-state index in [0.717, 1.165) is 29.9 Å². The van der Waals surface area contributed by atoms with Gasteiger partial charge in [-0.25, -0.2) is 4.98 Å². The van der Waals surface area contributed by atoms with Gasteiger partial charge in [-0.05, 0) is 36.8 Å². The van der Waals surface area contributed by atoms with Gasteiger partial charge in [0.05, 0.1) is 7.11 Å². The Morgan fingerprint density at radius 3 is 3.07 bits per heavy atom. The summed E-state index contributed by atoms with van der Waals surface area (Å²) in [7, 11) is 1.67. The number of aromatic nitrogens is 1. The molecule has 1 unspecified atom stereocenters. The highest BCUT2D eigenvalue weighted by molar-refractivity contribution is 5.49. The summed E-state index contributed by atoms with van der Waals surface area (Å²) in [6.07, 6.45) is 4.57. The molecule has 0 amide bonds. The summed E-state index contributed by atoms with van der Waals surface area (Å²) in [4.78, 5) is 4.27. The van der Waals surface area contributed by atoms with Gasteiger partial charge in [0.25, 0.3) is 0 Å². The average Bonchev–Trinajstić information content (AvgIpc) is 3.10. The van der Waals surface area contributed by atoms with Crippen molar-refractivity contribution < 1.29 is 4.74 Å². The Hall–Kier alpha value is -1.25. The number of nitrogens with one attached hydrogen (secondary N) is 1. The number of anilines is 1. The number of nitrogens with zero attached hydrogens (tertiary/aromatic N) is 1. The van der Waals surface area contributed by atoms with Gasteiger partial charge in [-0.1, -0.05) is 6.92 Å². The third-order valence-electron chi connectivity index (χ3n) is 3.01. The average molecular weight is 206 g/mol. The lowest BCUT2D eigenvalue weighted by molar-refractivity contribution is 0.414. The van der Waals surface area contributed by atoms with Crippen LogP contribution in [0.4, 0.5) is 5.82 Å². The first-order chi connectivity index (χ1) is 7.31. The van der Waals surface area contributed by atoms with Gasteiger partial charge in [-0.3, -0.25) is 0 Å². The van der Waals surface area contributed by atoms with Crippen LogP contribution in [-0.2, 0) is 0 Å². The maximum atomic E-state index is 5.23. The van der Waals surface area contributed by atoms with Gasteiger partial charge in [0.1, 0.15) is 0 Å². The van der Waals surface area contributed by atoms with E-state index in [4.69, 9.17) is 4.74 Å². The quantitative estimate of drug-likeness (QED) is 0.804. The molecule has 1 aliphatic rings. The lowest BCUT2D eigenvalue weighted by Crippen LogP contribution is -2.14. The van der Waals surface area contributed by atoms with Crippen LogP contribution in [0.3, 0.4) is 0 Å². The number of ether oxygens (including phenoxy) is 1. The fraction of sp³-hybridized carbons (Fsp3) is 0.583. The molecule has 3 heteroatoms. The first kappa shape index (κ1) is 10.3. The molecule has 0 radical (unpaired) electrons. The molecular weight excluding hydrogens is 188 g/mol. The monoisotopic (exact) mass is 206 g/mol. The van der Waals surface area contributed by atoms with E-state index >= 15 is 0 Å². The summed E-state index contributed by atoms with van der Waals surface area (Å²) in [6.45, 7) is 3.28. The summed E-state index contributed by atoms with van der Waals surface area (Å²) in [6, 6.07) is 3.81. The lowest BCUT2D eigenvalue weighted by atomic mass is 10.1. The van der Waals surface area contributed by atoms with E-state index in [9.17, 15) is 0 Å². The van der Waals surface area contributed by atoms with Crippen molar-refractivity contribution in [2.24, 2.45) is 11.8 Å². The summed E-state index contributed by atoms with van der Waals surface area (Å²) < 4.78 is 5.23. The van der Waals surface area contributed by atoms with Crippen LogP contribution >= 0.6 is 0 Å². The van der Waals surface area contributed by atoms with Crippen molar-refractivity contribution >= 4 is 5.82 Å². The van der Waals surface area contributed by atoms with Gasteiger partial charge in [0, 0.05) is 12.7 Å². The molecule has 0 bridgehead atoms. The van der Waals surface area contributed by atoms with Gasteiger partial charge >= 0.3 is 0 Å². The molecule has 15 heavy (non-hydrogen) atoms. The molecule has 82 valence electrons. The van der Waals surface area contributed by atoms with E-state index < -0.39 is 0 Å². The van der Waals surface area contributed by atoms with Crippen molar-refractivity contribution in [1.29, 1.82) is 0 Å². The molecule has 0 spiro atoms. The van der Waals surface area contributed by atoms with Crippen molar-refractivity contribution in [2.45, 2.75) is 19.8 Å². The first-order valence-electron chi connectivity index (χ1n) is 5.54. The number of hydrogen-bond donors (Lipinski definition) is 1. The molecule has 1 aromatic rings. The number of rotatable bonds is 5. The van der Waals surface area contributed by atoms with Crippen molar-refractivity contribution in [2.75, 3.05) is 19.0 Å². The van der Waals surface area contributed by atoms with Crippen molar-refractivity contribution in [3.05, 3.63) is 18.3 Å². The van der Waals surface area contributed by atoms with E-state index in [1.807, 2.05) is 12.1 Å². The van der Waals surface area contributed by atoms with Gasteiger partial charge in [-0.2, -0.15) is 0 Å². The number of methoxy groups -OCH3 is 1. The minimum Gasteiger partial charge on any atom is -0.493 e. The molecule has 1 atom stereocenters. The minimum absolute atomic E-state index is 0.733. The second-order valence-corrected chi connectivity index (χ2v) is 4.25. The third kappa shape index (κ3) is 2.61. The van der Waals surface area contributed by atoms with Crippen LogP contribution in [0.25, 0.3) is 0 Å². The number of pyridine rings is 1. The number of hydrogen-bond acceptors (Lipinski definition) is 3. The molecule has 1 N–H and O–H groups in total. The SMILES string of the molecule is COc1cccnc1NCC(C)C1CC1. The molecule has 1 saturated carbocycles. The Bertz CT molecular complexity index is 323. The maximum absolute atomic E-state index is 5.23. The first-order valence-corrected chi connectivity index (χ1v) is 5.54. The van der Waals surface area contributed by atoms with E-state index in [0.29, 0.717) is 0 Å². The normalized spacial score (nSPS) is 17.2. The Labute approximate surface area is 90.9 Å². The smallest absolute Gasteiger partial charge is 0.168 e. The van der Waals surface area contributed by atoms with Crippen LogP contribution < -0.4 is 10.1 Å². The van der Waals surface area contributed by atoms with Crippen molar-refractivity contribution in [1.82, 2.24) is 4.98 Å². The summed E-state index contributed by atoms with van der Waals surface area (Å²) in [5.41, 5.74) is 0. The topological polar surface area (TPSA) is 34.1 Å². The standard InChI is InChI=1S/C12H18N2O/c1-9(10-5-6-10)8-14-12-11(15-2)4-3-7-13-12/h3-4,7,9-10H,5-6,8H2,1-2H3,(H,13,14). The fourth-order valence-corrected chi connectivity index (χ4v) is 1.78. The van der Waals surface area contributed by atoms with Crippen LogP contribution in [0, 0.1) is 11.8 Å². The second-order valence-electron chi connectivity index (χ2n) is 4.25. The molecule has 2 rings (SSSR count). The molecule has 1 heterocycles. The predicted octanol–water partition coefficient (Wildman–Crippen LogP) is 2.55. The van der Waals surface area contributed by atoms with Crippen molar-refractivity contribution in [3.8, 4) is 5.75 Å². The van der Waals surface area contributed by atoms with E-state index in [2.05, 4.69) is 17.2 Å². The van der Waals surface area contributed by atoms with Crippen LogP contribution in [0.2, 0.25) is 0 Å². The van der Waals surface area contributed by atoms with E-state index in [-0.39, 0.29) is 0 Å². The largest absolute Gasteiger partial charge is 0.493 e. The molecule has 0 aromatic carbocycles. The van der Waals surface area contributed by atoms with E-state index in [1.54, 1.807) is 13.3 Å². The lowest BCUT2D eigenvalue weighted by Gasteiger charge is -2.13. The highest BCUT2D eigenvalue weighted by atomic mass is 16.5. The Kier molecular flexibility index (Phi) is 3.09. The molecular formula is C12H18N2O. The Balaban J connectivity index is 1.91. The molecule has 1 fully saturated rings. The zero-order valence-corrected chi connectivity index (χ0v) is 9.36. The van der Waals surface area contributed by atoms with Gasteiger partial charge in [-0.15, -0.1) is 0 Å². The summed E-state index contributed by atoms with van der Waals surface area (Å²) >= 11 is 0.